The van der Waals surface area contributed by atoms with Crippen molar-refractivity contribution in [2.75, 3.05) is 5.32 Å². The predicted octanol–water partition coefficient (Wildman–Crippen LogP) is -1.47. The van der Waals surface area contributed by atoms with Gasteiger partial charge in [0.15, 0.2) is 0 Å². The molecule has 10 heteroatoms. The summed E-state index contributed by atoms with van der Waals surface area (Å²) in [5, 5.41) is 14.8. The van der Waals surface area contributed by atoms with Crippen molar-refractivity contribution in [3.8, 4) is 0 Å². The first kappa shape index (κ1) is 14.2. The number of aliphatic carboxylic acids is 1. The minimum atomic E-state index is -1.06. The van der Waals surface area contributed by atoms with Crippen LogP contribution in [0, 0.1) is 0 Å². The number of nitrogens with zero attached hydrogens (tertiary/aromatic N) is 2. The number of aromatic amines is 2. The first-order chi connectivity index (χ1) is 9.92. The summed E-state index contributed by atoms with van der Waals surface area (Å²) in [6.07, 6.45) is 2.44. The first-order valence-corrected chi connectivity index (χ1v) is 5.79. The van der Waals surface area contributed by atoms with E-state index in [9.17, 15) is 19.2 Å². The van der Waals surface area contributed by atoms with Crippen LogP contribution in [0.5, 0.6) is 0 Å². The Morgan fingerprint density at radius 2 is 2.10 bits per heavy atom. The minimum Gasteiger partial charge on any atom is -0.480 e. The molecule has 0 fully saturated rings. The maximum absolute atomic E-state index is 11.7. The van der Waals surface area contributed by atoms with E-state index in [4.69, 9.17) is 5.11 Å². The second-order valence-corrected chi connectivity index (χ2v) is 4.16. The van der Waals surface area contributed by atoms with Crippen molar-refractivity contribution < 1.29 is 14.7 Å². The van der Waals surface area contributed by atoms with Crippen molar-refractivity contribution >= 4 is 17.6 Å². The summed E-state index contributed by atoms with van der Waals surface area (Å²) in [5.41, 5.74) is -0.817. The van der Waals surface area contributed by atoms with Crippen molar-refractivity contribution in [2.24, 2.45) is 0 Å². The second-order valence-electron chi connectivity index (χ2n) is 4.16. The third-order valence-corrected chi connectivity index (χ3v) is 2.38. The van der Waals surface area contributed by atoms with Crippen molar-refractivity contribution in [3.63, 3.8) is 0 Å². The van der Waals surface area contributed by atoms with Gasteiger partial charge in [-0.25, -0.2) is 4.79 Å². The van der Waals surface area contributed by atoms with Crippen LogP contribution >= 0.6 is 0 Å². The van der Waals surface area contributed by atoms with E-state index in [0.717, 1.165) is 10.7 Å². The molecule has 2 aromatic rings. The molecular formula is C11H11N5O5. The topological polar surface area (TPSA) is 150 Å². The third kappa shape index (κ3) is 4.16. The zero-order valence-electron chi connectivity index (χ0n) is 10.6. The second kappa shape index (κ2) is 5.86. The molecular weight excluding hydrogens is 282 g/mol. The molecule has 0 bridgehead atoms. The molecule has 10 nitrogen and oxygen atoms in total. The molecule has 0 aliphatic rings. The Balaban J connectivity index is 2.01. The van der Waals surface area contributed by atoms with Gasteiger partial charge in [-0.2, -0.15) is 5.10 Å². The summed E-state index contributed by atoms with van der Waals surface area (Å²) in [5.74, 6) is -1.54. The molecule has 0 spiro atoms. The number of carbonyl (C=O) groups is 2. The van der Waals surface area contributed by atoms with Gasteiger partial charge in [-0.3, -0.25) is 24.0 Å². The van der Waals surface area contributed by atoms with Crippen LogP contribution in [0.25, 0.3) is 0 Å². The normalized spacial score (nSPS) is 10.3. The average molecular weight is 293 g/mol. The predicted molar refractivity (Wildman–Crippen MR) is 69.9 cm³/mol. The highest BCUT2D eigenvalue weighted by atomic mass is 16.4. The average Bonchev–Trinajstić information content (AvgIpc) is 2.73. The Kier molecular flexibility index (Phi) is 3.97. The maximum atomic E-state index is 11.7. The molecule has 0 atom stereocenters. The number of H-pyrrole nitrogens is 2. The Morgan fingerprint density at radius 3 is 2.76 bits per heavy atom. The van der Waals surface area contributed by atoms with Crippen LogP contribution < -0.4 is 16.6 Å². The third-order valence-electron chi connectivity index (χ3n) is 2.38. The summed E-state index contributed by atoms with van der Waals surface area (Å²) in [6.45, 7) is -0.322. The summed E-state index contributed by atoms with van der Waals surface area (Å²) < 4.78 is 1.15. The Bertz CT molecular complexity index is 758. The number of anilines is 1. The van der Waals surface area contributed by atoms with Gasteiger partial charge in [-0.05, 0) is 0 Å². The monoisotopic (exact) mass is 293 g/mol. The van der Waals surface area contributed by atoms with Crippen LogP contribution in [-0.2, 0) is 22.6 Å². The summed E-state index contributed by atoms with van der Waals surface area (Å²) >= 11 is 0. The molecule has 0 aromatic carbocycles. The molecule has 4 N–H and O–H groups in total. The molecule has 2 rings (SSSR count). The molecule has 0 unspecified atom stereocenters. The number of hydrogen-bond donors (Lipinski definition) is 4. The standard InChI is InChI=1S/C11H11N5O5/c17-8(1-6-2-9(18)15-11(21)14-6)13-7-3-12-16(4-7)5-10(19)20/h2-4H,1,5H2,(H,13,17)(H,19,20)(H2,14,15,18,21). The summed E-state index contributed by atoms with van der Waals surface area (Å²) in [4.78, 5) is 48.7. The van der Waals surface area contributed by atoms with Gasteiger partial charge in [0.05, 0.1) is 18.3 Å². The number of rotatable bonds is 5. The molecule has 0 aliphatic carbocycles. The van der Waals surface area contributed by atoms with Gasteiger partial charge in [0, 0.05) is 18.0 Å². The van der Waals surface area contributed by atoms with E-state index in [2.05, 4.69) is 15.4 Å². The molecule has 21 heavy (non-hydrogen) atoms. The lowest BCUT2D eigenvalue weighted by molar-refractivity contribution is -0.137. The maximum Gasteiger partial charge on any atom is 0.325 e. The molecule has 0 saturated heterocycles. The number of carboxylic acids is 1. The zero-order chi connectivity index (χ0) is 15.4. The molecule has 1 amide bonds. The van der Waals surface area contributed by atoms with Crippen molar-refractivity contribution in [1.29, 1.82) is 0 Å². The highest BCUT2D eigenvalue weighted by molar-refractivity contribution is 5.91. The van der Waals surface area contributed by atoms with Crippen LogP contribution in [0.1, 0.15) is 5.69 Å². The van der Waals surface area contributed by atoms with Crippen molar-refractivity contribution in [3.05, 3.63) is 45.0 Å². The van der Waals surface area contributed by atoms with Gasteiger partial charge >= 0.3 is 11.7 Å². The lowest BCUT2D eigenvalue weighted by Crippen LogP contribution is -2.25. The van der Waals surface area contributed by atoms with E-state index in [1.54, 1.807) is 0 Å². The SMILES string of the molecule is O=C(O)Cn1cc(NC(=O)Cc2cc(=O)[nH]c(=O)[nH]2)cn1. The highest BCUT2D eigenvalue weighted by Crippen LogP contribution is 2.05. The molecule has 0 saturated carbocycles. The van der Waals surface area contributed by atoms with Gasteiger partial charge in [0.2, 0.25) is 5.91 Å². The van der Waals surface area contributed by atoms with Gasteiger partial charge in [-0.15, -0.1) is 0 Å². The van der Waals surface area contributed by atoms with Crippen molar-refractivity contribution in [1.82, 2.24) is 19.7 Å². The fourth-order valence-corrected chi connectivity index (χ4v) is 1.65. The molecule has 0 radical (unpaired) electrons. The molecule has 110 valence electrons. The van der Waals surface area contributed by atoms with Crippen molar-refractivity contribution in [2.45, 2.75) is 13.0 Å². The van der Waals surface area contributed by atoms with Crippen LogP contribution in [0.15, 0.2) is 28.0 Å². The van der Waals surface area contributed by atoms with E-state index in [1.807, 2.05) is 4.98 Å². The largest absolute Gasteiger partial charge is 0.480 e. The van der Waals surface area contributed by atoms with Gasteiger partial charge < -0.3 is 15.4 Å². The number of amides is 1. The van der Waals surface area contributed by atoms with Gasteiger partial charge in [-0.1, -0.05) is 0 Å². The Morgan fingerprint density at radius 1 is 1.33 bits per heavy atom. The minimum absolute atomic E-state index is 0.166. The molecule has 2 heterocycles. The lowest BCUT2D eigenvalue weighted by atomic mass is 10.3. The highest BCUT2D eigenvalue weighted by Gasteiger charge is 2.08. The Labute approximate surface area is 116 Å². The quantitative estimate of drug-likeness (QED) is 0.528. The summed E-state index contributed by atoms with van der Waals surface area (Å²) in [6, 6.07) is 1.11. The fraction of sp³-hybridized carbons (Fsp3) is 0.182. The van der Waals surface area contributed by atoms with Gasteiger partial charge in [0.25, 0.3) is 5.56 Å². The van der Waals surface area contributed by atoms with Crippen LogP contribution in [0.3, 0.4) is 0 Å². The van der Waals surface area contributed by atoms with E-state index >= 15 is 0 Å². The molecule has 0 aliphatic heterocycles. The summed E-state index contributed by atoms with van der Waals surface area (Å²) in [7, 11) is 0. The van der Waals surface area contributed by atoms with Gasteiger partial charge in [0.1, 0.15) is 6.54 Å². The van der Waals surface area contributed by atoms with Crippen LogP contribution in [-0.4, -0.2) is 36.7 Å². The number of hydrogen-bond acceptors (Lipinski definition) is 5. The number of nitrogens with one attached hydrogen (secondary N) is 3. The number of aromatic nitrogens is 4. The lowest BCUT2D eigenvalue weighted by Gasteiger charge is -2.02. The Hall–Kier alpha value is -3.17. The number of carbonyl (C=O) groups excluding carboxylic acids is 1. The smallest absolute Gasteiger partial charge is 0.325 e. The number of carboxylic acid groups (broad SMARTS) is 1. The fourth-order valence-electron chi connectivity index (χ4n) is 1.65. The van der Waals surface area contributed by atoms with Crippen LogP contribution in [0.4, 0.5) is 5.69 Å². The first-order valence-electron chi connectivity index (χ1n) is 5.79. The van der Waals surface area contributed by atoms with Crippen LogP contribution in [0.2, 0.25) is 0 Å². The molecule has 2 aromatic heterocycles. The zero-order valence-corrected chi connectivity index (χ0v) is 10.6. The van der Waals surface area contributed by atoms with E-state index < -0.39 is 23.1 Å². The van der Waals surface area contributed by atoms with E-state index in [1.165, 1.54) is 12.4 Å². The van der Waals surface area contributed by atoms with E-state index in [0.29, 0.717) is 5.69 Å². The van der Waals surface area contributed by atoms with E-state index in [-0.39, 0.29) is 18.7 Å².